The number of amides is 1. The summed E-state index contributed by atoms with van der Waals surface area (Å²) in [6.45, 7) is 0. The second kappa shape index (κ2) is 8.98. The third kappa shape index (κ3) is 4.49. The van der Waals surface area contributed by atoms with Gasteiger partial charge in [0.05, 0.1) is 12.8 Å². The molecule has 2 aromatic carbocycles. The summed E-state index contributed by atoms with van der Waals surface area (Å²) in [5.74, 6) is 1.33. The van der Waals surface area contributed by atoms with Crippen molar-refractivity contribution in [3.63, 3.8) is 0 Å². The molecule has 32 heavy (non-hydrogen) atoms. The van der Waals surface area contributed by atoms with Gasteiger partial charge in [-0.2, -0.15) is 15.0 Å². The first-order valence-corrected chi connectivity index (χ1v) is 10.5. The minimum Gasteiger partial charge on any atom is -0.497 e. The summed E-state index contributed by atoms with van der Waals surface area (Å²) in [6, 6.07) is 16.5. The van der Waals surface area contributed by atoms with Crippen molar-refractivity contribution >= 4 is 34.3 Å². The molecule has 0 bridgehead atoms. The van der Waals surface area contributed by atoms with Crippen LogP contribution < -0.4 is 20.7 Å². The predicted octanol–water partition coefficient (Wildman–Crippen LogP) is 3.57. The van der Waals surface area contributed by atoms with Gasteiger partial charge in [-0.25, -0.2) is 4.98 Å². The quantitative estimate of drug-likeness (QED) is 0.460. The van der Waals surface area contributed by atoms with Gasteiger partial charge < -0.3 is 15.4 Å². The molecule has 0 aliphatic heterocycles. The molecule has 2 aromatic heterocycles. The van der Waals surface area contributed by atoms with Crippen LogP contribution in [0.15, 0.2) is 54.6 Å². The number of nitrogens with one attached hydrogen (secondary N) is 1. The van der Waals surface area contributed by atoms with E-state index >= 15 is 0 Å². The van der Waals surface area contributed by atoms with E-state index in [1.807, 2.05) is 44.4 Å². The zero-order valence-corrected chi connectivity index (χ0v) is 18.6. The highest BCUT2D eigenvalue weighted by Gasteiger charge is 2.20. The summed E-state index contributed by atoms with van der Waals surface area (Å²) in [6.07, 6.45) is 0. The Morgan fingerprint density at radius 1 is 1.00 bits per heavy atom. The minimum absolute atomic E-state index is 0.106. The number of hydrogen-bond donors (Lipinski definition) is 2. The zero-order chi connectivity index (χ0) is 22.7. The fourth-order valence-electron chi connectivity index (χ4n) is 2.91. The number of rotatable bonds is 6. The van der Waals surface area contributed by atoms with Gasteiger partial charge in [-0.05, 0) is 24.3 Å². The van der Waals surface area contributed by atoms with Crippen LogP contribution in [-0.4, -0.2) is 47.0 Å². The number of carbonyl (C=O) groups excluding carboxylic acids is 1. The van der Waals surface area contributed by atoms with Crippen molar-refractivity contribution < 1.29 is 9.53 Å². The lowest BCUT2D eigenvalue weighted by Crippen LogP contribution is -2.15. The molecule has 0 atom stereocenters. The first-order valence-electron chi connectivity index (χ1n) is 9.65. The fourth-order valence-corrected chi connectivity index (χ4v) is 3.83. The maximum absolute atomic E-state index is 12.8. The van der Waals surface area contributed by atoms with E-state index in [0.717, 1.165) is 5.56 Å². The van der Waals surface area contributed by atoms with Gasteiger partial charge in [-0.15, -0.1) is 0 Å². The largest absolute Gasteiger partial charge is 0.497 e. The number of benzene rings is 2. The molecule has 4 rings (SSSR count). The molecule has 0 radical (unpaired) electrons. The van der Waals surface area contributed by atoms with E-state index in [1.165, 1.54) is 11.3 Å². The van der Waals surface area contributed by atoms with E-state index < -0.39 is 0 Å². The van der Waals surface area contributed by atoms with Gasteiger partial charge >= 0.3 is 0 Å². The van der Waals surface area contributed by atoms with Crippen LogP contribution in [0.25, 0.3) is 22.0 Å². The molecule has 0 aliphatic carbocycles. The maximum Gasteiger partial charge on any atom is 0.257 e. The Hall–Kier alpha value is -4.05. The number of nitrogens with two attached hydrogens (primary N) is 1. The third-order valence-electron chi connectivity index (χ3n) is 4.49. The summed E-state index contributed by atoms with van der Waals surface area (Å²) < 4.78 is 5.15. The lowest BCUT2D eigenvalue weighted by Gasteiger charge is -2.11. The summed E-state index contributed by atoms with van der Waals surface area (Å²) in [7, 11) is 5.22. The average molecular weight is 448 g/mol. The number of ether oxygens (including phenoxy) is 1. The van der Waals surface area contributed by atoms with Crippen molar-refractivity contribution in [2.24, 2.45) is 0 Å². The van der Waals surface area contributed by atoms with Gasteiger partial charge in [0.1, 0.15) is 10.6 Å². The molecule has 0 unspecified atom stereocenters. The van der Waals surface area contributed by atoms with Gasteiger partial charge in [-0.1, -0.05) is 41.7 Å². The van der Waals surface area contributed by atoms with Gasteiger partial charge in [-0.3, -0.25) is 10.1 Å². The predicted molar refractivity (Wildman–Crippen MR) is 126 cm³/mol. The van der Waals surface area contributed by atoms with Crippen molar-refractivity contribution in [1.29, 1.82) is 0 Å². The molecule has 9 nitrogen and oxygen atoms in total. The van der Waals surface area contributed by atoms with E-state index in [9.17, 15) is 4.79 Å². The topological polar surface area (TPSA) is 119 Å². The van der Waals surface area contributed by atoms with Crippen molar-refractivity contribution in [1.82, 2.24) is 19.9 Å². The summed E-state index contributed by atoms with van der Waals surface area (Å²) in [5.41, 5.74) is 7.93. The van der Waals surface area contributed by atoms with E-state index in [4.69, 9.17) is 10.5 Å². The fraction of sp³-hybridized carbons (Fsp3) is 0.136. The van der Waals surface area contributed by atoms with Gasteiger partial charge in [0.2, 0.25) is 11.9 Å². The first kappa shape index (κ1) is 21.2. The molecule has 0 fully saturated rings. The first-order chi connectivity index (χ1) is 15.4. The van der Waals surface area contributed by atoms with Crippen molar-refractivity contribution in [3.8, 4) is 27.7 Å². The Labute approximate surface area is 189 Å². The molecular formula is C22H21N7O2S. The number of anilines is 3. The molecule has 0 saturated carbocycles. The number of methoxy groups -OCH3 is 1. The zero-order valence-electron chi connectivity index (χ0n) is 17.7. The smallest absolute Gasteiger partial charge is 0.257 e. The van der Waals surface area contributed by atoms with Gasteiger partial charge in [0.15, 0.2) is 11.0 Å². The molecule has 0 spiro atoms. The minimum atomic E-state index is -0.281. The number of aromatic nitrogens is 4. The van der Waals surface area contributed by atoms with Crippen LogP contribution in [0.2, 0.25) is 0 Å². The maximum atomic E-state index is 12.8. The Bertz CT molecular complexity index is 1240. The summed E-state index contributed by atoms with van der Waals surface area (Å²) in [5, 5.41) is 3.28. The highest BCUT2D eigenvalue weighted by Crippen LogP contribution is 2.38. The van der Waals surface area contributed by atoms with Gasteiger partial charge in [0.25, 0.3) is 5.91 Å². The lowest BCUT2D eigenvalue weighted by atomic mass is 10.1. The van der Waals surface area contributed by atoms with Crippen molar-refractivity contribution in [2.75, 3.05) is 37.2 Å². The van der Waals surface area contributed by atoms with Crippen molar-refractivity contribution in [2.45, 2.75) is 0 Å². The van der Waals surface area contributed by atoms with Gasteiger partial charge in [0, 0.05) is 25.2 Å². The van der Waals surface area contributed by atoms with E-state index in [2.05, 4.69) is 25.3 Å². The van der Waals surface area contributed by atoms with Crippen LogP contribution in [0.5, 0.6) is 5.75 Å². The summed E-state index contributed by atoms with van der Waals surface area (Å²) in [4.78, 5) is 32.8. The highest BCUT2D eigenvalue weighted by atomic mass is 32.1. The second-order valence-electron chi connectivity index (χ2n) is 6.96. The van der Waals surface area contributed by atoms with Crippen LogP contribution in [0.4, 0.5) is 17.0 Å². The Morgan fingerprint density at radius 3 is 2.38 bits per heavy atom. The molecule has 2 heterocycles. The molecule has 0 aliphatic rings. The summed E-state index contributed by atoms with van der Waals surface area (Å²) >= 11 is 1.27. The highest BCUT2D eigenvalue weighted by molar-refractivity contribution is 7.19. The lowest BCUT2D eigenvalue weighted by molar-refractivity contribution is 0.102. The van der Waals surface area contributed by atoms with E-state index in [1.54, 1.807) is 36.3 Å². The monoisotopic (exact) mass is 447 g/mol. The number of nitrogens with zero attached hydrogens (tertiary/aromatic N) is 5. The molecule has 0 saturated heterocycles. The normalized spacial score (nSPS) is 10.6. The second-order valence-corrected chi connectivity index (χ2v) is 7.96. The molecular weight excluding hydrogens is 426 g/mol. The van der Waals surface area contributed by atoms with E-state index in [0.29, 0.717) is 38.8 Å². The Balaban J connectivity index is 1.74. The SMILES string of the molecule is COc1ccc(C(=O)Nc2nc(-c3ccccc3)c(-c3nc(N)nc(N(C)C)n3)s2)cc1. The molecule has 3 N–H and O–H groups in total. The van der Waals surface area contributed by atoms with Crippen LogP contribution in [-0.2, 0) is 0 Å². The molecule has 162 valence electrons. The van der Waals surface area contributed by atoms with E-state index in [-0.39, 0.29) is 11.9 Å². The van der Waals surface area contributed by atoms with Crippen LogP contribution in [0, 0.1) is 0 Å². The number of carbonyl (C=O) groups is 1. The Morgan fingerprint density at radius 2 is 1.72 bits per heavy atom. The Kier molecular flexibility index (Phi) is 5.95. The number of hydrogen-bond acceptors (Lipinski definition) is 9. The number of thiazole rings is 1. The van der Waals surface area contributed by atoms with Crippen LogP contribution in [0.1, 0.15) is 10.4 Å². The standard InChI is InChI=1S/C22H21N7O2S/c1-29(2)21-26-18(25-20(23)28-21)17-16(13-7-5-4-6-8-13)24-22(32-17)27-19(30)14-9-11-15(31-3)12-10-14/h4-12H,1-3H3,(H,24,27,30)(H2,23,25,26,28). The number of nitrogen functional groups attached to an aromatic ring is 1. The molecule has 4 aromatic rings. The van der Waals surface area contributed by atoms with Crippen LogP contribution in [0.3, 0.4) is 0 Å². The average Bonchev–Trinajstić information content (AvgIpc) is 3.23. The molecule has 1 amide bonds. The third-order valence-corrected chi connectivity index (χ3v) is 5.46. The molecule has 10 heteroatoms. The van der Waals surface area contributed by atoms with Crippen molar-refractivity contribution in [3.05, 3.63) is 60.2 Å². The van der Waals surface area contributed by atoms with Crippen LogP contribution >= 0.6 is 11.3 Å².